The number of benzene rings is 3. The van der Waals surface area contributed by atoms with Crippen molar-refractivity contribution in [3.8, 4) is 11.5 Å². The van der Waals surface area contributed by atoms with Gasteiger partial charge in [0.05, 0.1) is 0 Å². The lowest BCUT2D eigenvalue weighted by Crippen LogP contribution is -2.15. The van der Waals surface area contributed by atoms with Gasteiger partial charge in [-0.25, -0.2) is 0 Å². The summed E-state index contributed by atoms with van der Waals surface area (Å²) >= 11 is 6.38. The minimum Gasteiger partial charge on any atom is -0.486 e. The van der Waals surface area contributed by atoms with Gasteiger partial charge < -0.3 is 19.4 Å². The van der Waals surface area contributed by atoms with E-state index in [9.17, 15) is 0 Å². The molecule has 3 aromatic carbocycles. The molecule has 5 heteroatoms. The van der Waals surface area contributed by atoms with Crippen LogP contribution < -0.4 is 14.8 Å². The van der Waals surface area contributed by atoms with E-state index in [0.717, 1.165) is 40.9 Å². The monoisotopic (exact) mass is 404 g/mol. The Hall–Kier alpha value is -3.11. The van der Waals surface area contributed by atoms with Crippen LogP contribution in [0.5, 0.6) is 11.5 Å². The smallest absolute Gasteiger partial charge is 0.163 e. The molecule has 4 nitrogen and oxygen atoms in total. The summed E-state index contributed by atoms with van der Waals surface area (Å²) in [4.78, 5) is 0. The fraction of sp³-hybridized carbons (Fsp3) is 0.167. The lowest BCUT2D eigenvalue weighted by Gasteiger charge is -2.19. The number of hydrogen-bond donors (Lipinski definition) is 1. The molecule has 5 rings (SSSR count). The van der Waals surface area contributed by atoms with Gasteiger partial charge in [0.25, 0.3) is 0 Å². The van der Waals surface area contributed by atoms with Gasteiger partial charge >= 0.3 is 0 Å². The number of ether oxygens (including phenoxy) is 2. The third-order valence-corrected chi connectivity index (χ3v) is 5.56. The van der Waals surface area contributed by atoms with E-state index in [1.807, 2.05) is 36.4 Å². The normalized spacial score (nSPS) is 12.9. The molecule has 146 valence electrons. The number of aromatic nitrogens is 1. The maximum Gasteiger partial charge on any atom is 0.163 e. The minimum atomic E-state index is 0.589. The summed E-state index contributed by atoms with van der Waals surface area (Å²) in [5.41, 5.74) is 4.56. The van der Waals surface area contributed by atoms with Gasteiger partial charge in [0, 0.05) is 47.0 Å². The fourth-order valence-electron chi connectivity index (χ4n) is 3.76. The first-order chi connectivity index (χ1) is 14.3. The number of rotatable bonds is 5. The van der Waals surface area contributed by atoms with Crippen LogP contribution in [0, 0.1) is 0 Å². The van der Waals surface area contributed by atoms with Crippen molar-refractivity contribution in [3.05, 3.63) is 89.1 Å². The predicted molar refractivity (Wildman–Crippen MR) is 117 cm³/mol. The number of para-hydroxylation sites is 1. The van der Waals surface area contributed by atoms with E-state index < -0.39 is 0 Å². The largest absolute Gasteiger partial charge is 0.486 e. The first-order valence-corrected chi connectivity index (χ1v) is 10.1. The van der Waals surface area contributed by atoms with Crippen LogP contribution in [0.3, 0.4) is 0 Å². The summed E-state index contributed by atoms with van der Waals surface area (Å²) in [6.45, 7) is 2.65. The molecule has 4 aromatic rings. The molecule has 0 unspecified atom stereocenters. The summed E-state index contributed by atoms with van der Waals surface area (Å²) in [5, 5.41) is 5.55. The summed E-state index contributed by atoms with van der Waals surface area (Å²) in [6.07, 6.45) is 2.21. The van der Waals surface area contributed by atoms with Crippen LogP contribution in [0.15, 0.2) is 72.9 Å². The second-order valence-electron chi connectivity index (χ2n) is 7.10. The maximum absolute atomic E-state index is 6.38. The van der Waals surface area contributed by atoms with Crippen LogP contribution >= 0.6 is 11.6 Å². The topological polar surface area (TPSA) is 35.4 Å². The van der Waals surface area contributed by atoms with Crippen molar-refractivity contribution < 1.29 is 9.47 Å². The Morgan fingerprint density at radius 1 is 0.862 bits per heavy atom. The van der Waals surface area contributed by atoms with E-state index in [1.165, 1.54) is 16.5 Å². The van der Waals surface area contributed by atoms with Gasteiger partial charge in [-0.3, -0.25) is 0 Å². The highest BCUT2D eigenvalue weighted by Crippen LogP contribution is 2.33. The second kappa shape index (κ2) is 7.72. The highest BCUT2D eigenvalue weighted by Gasteiger charge is 2.13. The molecular weight excluding hydrogens is 384 g/mol. The highest BCUT2D eigenvalue weighted by molar-refractivity contribution is 6.31. The third-order valence-electron chi connectivity index (χ3n) is 5.19. The van der Waals surface area contributed by atoms with E-state index in [2.05, 4.69) is 46.4 Å². The van der Waals surface area contributed by atoms with E-state index in [0.29, 0.717) is 13.2 Å². The third kappa shape index (κ3) is 3.64. The number of anilines is 1. The maximum atomic E-state index is 6.38. The molecule has 1 aromatic heterocycles. The Kier molecular flexibility index (Phi) is 4.78. The van der Waals surface area contributed by atoms with Crippen molar-refractivity contribution in [1.29, 1.82) is 0 Å². The van der Waals surface area contributed by atoms with Gasteiger partial charge in [-0.1, -0.05) is 48.0 Å². The molecule has 0 bridgehead atoms. The zero-order valence-corrected chi connectivity index (χ0v) is 16.7. The van der Waals surface area contributed by atoms with Crippen LogP contribution in [0.1, 0.15) is 11.1 Å². The lowest BCUT2D eigenvalue weighted by atomic mass is 10.1. The van der Waals surface area contributed by atoms with Crippen molar-refractivity contribution in [3.63, 3.8) is 0 Å². The molecule has 0 fully saturated rings. The summed E-state index contributed by atoms with van der Waals surface area (Å²) < 4.78 is 13.5. The van der Waals surface area contributed by atoms with Gasteiger partial charge in [-0.2, -0.15) is 0 Å². The molecule has 1 N–H and O–H groups in total. The van der Waals surface area contributed by atoms with Gasteiger partial charge in [-0.05, 0) is 35.4 Å². The zero-order valence-electron chi connectivity index (χ0n) is 15.9. The fourth-order valence-corrected chi connectivity index (χ4v) is 3.95. The molecule has 0 spiro atoms. The highest BCUT2D eigenvalue weighted by atomic mass is 35.5. The number of nitrogens with zero attached hydrogens (tertiary/aromatic N) is 1. The molecule has 1 aliphatic heterocycles. The van der Waals surface area contributed by atoms with Gasteiger partial charge in [0.15, 0.2) is 11.5 Å². The van der Waals surface area contributed by atoms with Crippen molar-refractivity contribution >= 4 is 28.2 Å². The summed E-state index contributed by atoms with van der Waals surface area (Å²) in [6, 6.07) is 22.4. The van der Waals surface area contributed by atoms with Crippen molar-refractivity contribution in [1.82, 2.24) is 4.57 Å². The zero-order chi connectivity index (χ0) is 19.6. The molecule has 0 saturated heterocycles. The van der Waals surface area contributed by atoms with Crippen LogP contribution in [0.4, 0.5) is 5.69 Å². The predicted octanol–water partition coefficient (Wildman–Crippen LogP) is 5.73. The van der Waals surface area contributed by atoms with Crippen LogP contribution in [0.2, 0.25) is 5.02 Å². The molecule has 0 amide bonds. The summed E-state index contributed by atoms with van der Waals surface area (Å²) in [5.74, 6) is 1.60. The molecule has 0 saturated carbocycles. The molecule has 29 heavy (non-hydrogen) atoms. The molecule has 0 radical (unpaired) electrons. The van der Waals surface area contributed by atoms with Crippen molar-refractivity contribution in [2.24, 2.45) is 0 Å². The Labute approximate surface area is 174 Å². The van der Waals surface area contributed by atoms with Gasteiger partial charge in [0.1, 0.15) is 13.2 Å². The molecule has 2 heterocycles. The summed E-state index contributed by atoms with van der Waals surface area (Å²) in [7, 11) is 0. The Morgan fingerprint density at radius 2 is 1.66 bits per heavy atom. The second-order valence-corrected chi connectivity index (χ2v) is 7.51. The van der Waals surface area contributed by atoms with Crippen molar-refractivity contribution in [2.45, 2.75) is 13.1 Å². The van der Waals surface area contributed by atoms with E-state index in [1.54, 1.807) is 0 Å². The number of nitrogens with one attached hydrogen (secondary N) is 1. The Morgan fingerprint density at radius 3 is 2.55 bits per heavy atom. The van der Waals surface area contributed by atoms with Crippen molar-refractivity contribution in [2.75, 3.05) is 18.5 Å². The molecule has 0 atom stereocenters. The average Bonchev–Trinajstić information content (AvgIpc) is 3.11. The van der Waals surface area contributed by atoms with Crippen LogP contribution in [-0.4, -0.2) is 17.8 Å². The Bertz CT molecular complexity index is 1170. The lowest BCUT2D eigenvalue weighted by molar-refractivity contribution is 0.171. The molecule has 0 aliphatic carbocycles. The van der Waals surface area contributed by atoms with Gasteiger partial charge in [-0.15, -0.1) is 0 Å². The van der Waals surface area contributed by atoms with E-state index >= 15 is 0 Å². The number of hydrogen-bond acceptors (Lipinski definition) is 3. The number of fused-ring (bicyclic) bond motifs is 2. The minimum absolute atomic E-state index is 0.589. The first-order valence-electron chi connectivity index (χ1n) is 9.71. The van der Waals surface area contributed by atoms with E-state index in [4.69, 9.17) is 21.1 Å². The van der Waals surface area contributed by atoms with Crippen LogP contribution in [-0.2, 0) is 13.1 Å². The van der Waals surface area contributed by atoms with Gasteiger partial charge in [0.2, 0.25) is 0 Å². The Balaban J connectivity index is 1.41. The first kappa shape index (κ1) is 18.0. The van der Waals surface area contributed by atoms with Crippen LogP contribution in [0.25, 0.3) is 10.9 Å². The standard InChI is InChI=1S/C24H21ClN2O2/c25-21-7-3-1-5-17(21)15-27-16-18(20-6-2-4-8-22(20)27)14-26-19-9-10-23-24(13-19)29-12-11-28-23/h1-10,13,16,26H,11-12,14-15H2. The quantitative estimate of drug-likeness (QED) is 0.461. The van der Waals surface area contributed by atoms with E-state index in [-0.39, 0.29) is 0 Å². The molecule has 1 aliphatic rings. The average molecular weight is 405 g/mol. The number of halogens is 1. The SMILES string of the molecule is Clc1ccccc1Cn1cc(CNc2ccc3c(c2)OCCO3)c2ccccc21. The molecular formula is C24H21ClN2O2.